The molecule has 0 atom stereocenters. The number of carbonyl (C=O) groups excluding carboxylic acids is 1. The van der Waals surface area contributed by atoms with Gasteiger partial charge in [-0.25, -0.2) is 4.68 Å². The first kappa shape index (κ1) is 12.7. The van der Waals surface area contributed by atoms with Gasteiger partial charge in [0.05, 0.1) is 5.69 Å². The number of ether oxygens (including phenoxy) is 1. The van der Waals surface area contributed by atoms with Crippen LogP contribution in [0.1, 0.15) is 18.4 Å². The van der Waals surface area contributed by atoms with E-state index in [1.807, 2.05) is 43.5 Å². The fraction of sp³-hybridized carbons (Fsp3) is 0.333. The third-order valence-electron chi connectivity index (χ3n) is 3.16. The van der Waals surface area contributed by atoms with Gasteiger partial charge in [-0.2, -0.15) is 0 Å². The minimum atomic E-state index is -0.0823. The zero-order valence-corrected chi connectivity index (χ0v) is 11.4. The Morgan fingerprint density at radius 2 is 2.15 bits per heavy atom. The fourth-order valence-electron chi connectivity index (χ4n) is 1.93. The van der Waals surface area contributed by atoms with Crippen molar-refractivity contribution in [2.45, 2.75) is 25.8 Å². The molecule has 5 heteroatoms. The molecule has 1 amide bonds. The van der Waals surface area contributed by atoms with Gasteiger partial charge in [-0.1, -0.05) is 18.2 Å². The van der Waals surface area contributed by atoms with Crippen LogP contribution >= 0.6 is 0 Å². The molecule has 0 saturated heterocycles. The molecule has 0 radical (unpaired) electrons. The van der Waals surface area contributed by atoms with Crippen LogP contribution in [0.15, 0.2) is 36.5 Å². The summed E-state index contributed by atoms with van der Waals surface area (Å²) < 4.78 is 7.24. The van der Waals surface area contributed by atoms with Gasteiger partial charge in [-0.15, -0.1) is 5.10 Å². The van der Waals surface area contributed by atoms with E-state index in [2.05, 4.69) is 10.4 Å². The molecular formula is C15H17N3O2. The van der Waals surface area contributed by atoms with Gasteiger partial charge in [0.2, 0.25) is 5.88 Å². The predicted molar refractivity (Wildman–Crippen MR) is 75.0 cm³/mol. The maximum Gasteiger partial charge on any atom is 0.258 e. The van der Waals surface area contributed by atoms with Crippen molar-refractivity contribution < 1.29 is 9.53 Å². The predicted octanol–water partition coefficient (Wildman–Crippen LogP) is 1.84. The number of rotatable bonds is 5. The summed E-state index contributed by atoms with van der Waals surface area (Å²) in [6, 6.07) is 10.2. The van der Waals surface area contributed by atoms with Crippen LogP contribution < -0.4 is 10.1 Å². The van der Waals surface area contributed by atoms with Crippen molar-refractivity contribution >= 4 is 5.91 Å². The Bertz CT molecular complexity index is 603. The second-order valence-electron chi connectivity index (χ2n) is 5.03. The smallest absolute Gasteiger partial charge is 0.258 e. The van der Waals surface area contributed by atoms with Crippen molar-refractivity contribution in [1.82, 2.24) is 15.1 Å². The summed E-state index contributed by atoms with van der Waals surface area (Å²) in [4.78, 5) is 11.6. The van der Waals surface area contributed by atoms with Gasteiger partial charge in [0.25, 0.3) is 5.91 Å². The molecule has 104 valence electrons. The highest BCUT2D eigenvalue weighted by Crippen LogP contribution is 2.19. The van der Waals surface area contributed by atoms with E-state index in [0.29, 0.717) is 11.9 Å². The third-order valence-corrected chi connectivity index (χ3v) is 3.16. The number of aryl methyl sites for hydroxylation is 1. The fourth-order valence-corrected chi connectivity index (χ4v) is 1.93. The summed E-state index contributed by atoms with van der Waals surface area (Å²) in [5.41, 5.74) is 1.88. The maximum absolute atomic E-state index is 11.6. The Labute approximate surface area is 117 Å². The Morgan fingerprint density at radius 3 is 2.85 bits per heavy atom. The molecule has 5 nitrogen and oxygen atoms in total. The van der Waals surface area contributed by atoms with Crippen LogP contribution in [0.5, 0.6) is 5.88 Å². The van der Waals surface area contributed by atoms with Gasteiger partial charge in [-0.05, 0) is 31.9 Å². The summed E-state index contributed by atoms with van der Waals surface area (Å²) in [5.74, 6) is 0.418. The normalized spacial score (nSPS) is 14.1. The summed E-state index contributed by atoms with van der Waals surface area (Å²) in [6.45, 7) is 1.93. The molecule has 3 rings (SSSR count). The first-order chi connectivity index (χ1) is 9.72. The number of nitrogens with zero attached hydrogens (tertiary/aromatic N) is 2. The molecule has 0 aliphatic heterocycles. The second kappa shape index (κ2) is 5.36. The van der Waals surface area contributed by atoms with Crippen LogP contribution in [0.25, 0.3) is 5.69 Å². The number of aromatic nitrogens is 2. The molecule has 1 saturated carbocycles. The van der Waals surface area contributed by atoms with E-state index in [4.69, 9.17) is 4.74 Å². The molecule has 1 aliphatic rings. The number of hydrogen-bond donors (Lipinski definition) is 1. The molecule has 1 aromatic heterocycles. The minimum absolute atomic E-state index is 0.0170. The largest absolute Gasteiger partial charge is 0.466 e. The zero-order chi connectivity index (χ0) is 13.9. The van der Waals surface area contributed by atoms with Crippen molar-refractivity contribution in [3.8, 4) is 11.6 Å². The average Bonchev–Trinajstić information content (AvgIpc) is 3.19. The molecule has 0 spiro atoms. The molecule has 1 N–H and O–H groups in total. The number of amides is 1. The lowest BCUT2D eigenvalue weighted by atomic mass is 10.3. The summed E-state index contributed by atoms with van der Waals surface area (Å²) in [5, 5.41) is 7.24. The third kappa shape index (κ3) is 2.99. The quantitative estimate of drug-likeness (QED) is 0.902. The molecule has 0 bridgehead atoms. The number of benzene rings is 1. The standard InChI is InChI=1S/C15H17N3O2/c1-11-9-18(13-5-3-2-4-6-13)17-15(11)20-10-14(19)16-12-7-8-12/h2-6,9,12H,7-8,10H2,1H3,(H,16,19). The van der Waals surface area contributed by atoms with E-state index in [1.54, 1.807) is 4.68 Å². The van der Waals surface area contributed by atoms with E-state index in [-0.39, 0.29) is 12.5 Å². The van der Waals surface area contributed by atoms with Crippen molar-refractivity contribution in [3.63, 3.8) is 0 Å². The van der Waals surface area contributed by atoms with E-state index in [9.17, 15) is 4.79 Å². The van der Waals surface area contributed by atoms with Crippen molar-refractivity contribution in [2.75, 3.05) is 6.61 Å². The van der Waals surface area contributed by atoms with Crippen molar-refractivity contribution in [2.24, 2.45) is 0 Å². The monoisotopic (exact) mass is 271 g/mol. The topological polar surface area (TPSA) is 56.2 Å². The number of nitrogens with one attached hydrogen (secondary N) is 1. The highest BCUT2D eigenvalue weighted by atomic mass is 16.5. The lowest BCUT2D eigenvalue weighted by molar-refractivity contribution is -0.123. The lowest BCUT2D eigenvalue weighted by Gasteiger charge is -2.04. The lowest BCUT2D eigenvalue weighted by Crippen LogP contribution is -2.30. The van der Waals surface area contributed by atoms with Crippen LogP contribution in [0.4, 0.5) is 0 Å². The van der Waals surface area contributed by atoms with Crippen LogP contribution in [-0.4, -0.2) is 28.3 Å². The minimum Gasteiger partial charge on any atom is -0.466 e. The molecule has 20 heavy (non-hydrogen) atoms. The van der Waals surface area contributed by atoms with Crippen LogP contribution in [0, 0.1) is 6.92 Å². The SMILES string of the molecule is Cc1cn(-c2ccccc2)nc1OCC(=O)NC1CC1. The first-order valence-corrected chi connectivity index (χ1v) is 6.76. The Balaban J connectivity index is 1.64. The van der Waals surface area contributed by atoms with Gasteiger partial charge >= 0.3 is 0 Å². The van der Waals surface area contributed by atoms with E-state index in [1.165, 1.54) is 0 Å². The highest BCUT2D eigenvalue weighted by molar-refractivity contribution is 5.78. The van der Waals surface area contributed by atoms with Crippen molar-refractivity contribution in [3.05, 3.63) is 42.1 Å². The molecule has 0 unspecified atom stereocenters. The Hall–Kier alpha value is -2.30. The Morgan fingerprint density at radius 1 is 1.40 bits per heavy atom. The van der Waals surface area contributed by atoms with Crippen LogP contribution in [0.2, 0.25) is 0 Å². The molecule has 1 heterocycles. The molecular weight excluding hydrogens is 254 g/mol. The van der Waals surface area contributed by atoms with Gasteiger partial charge < -0.3 is 10.1 Å². The van der Waals surface area contributed by atoms with Crippen LogP contribution in [0.3, 0.4) is 0 Å². The van der Waals surface area contributed by atoms with Gasteiger partial charge in [-0.3, -0.25) is 4.79 Å². The number of hydrogen-bond acceptors (Lipinski definition) is 3. The molecule has 1 fully saturated rings. The highest BCUT2D eigenvalue weighted by Gasteiger charge is 2.23. The summed E-state index contributed by atoms with van der Waals surface area (Å²) in [6.07, 6.45) is 4.05. The van der Waals surface area contributed by atoms with E-state index < -0.39 is 0 Å². The van der Waals surface area contributed by atoms with Gasteiger partial charge in [0.15, 0.2) is 6.61 Å². The Kier molecular flexibility index (Phi) is 3.41. The van der Waals surface area contributed by atoms with Crippen molar-refractivity contribution in [1.29, 1.82) is 0 Å². The summed E-state index contributed by atoms with van der Waals surface area (Å²) >= 11 is 0. The van der Waals surface area contributed by atoms with E-state index in [0.717, 1.165) is 24.1 Å². The zero-order valence-electron chi connectivity index (χ0n) is 11.4. The second-order valence-corrected chi connectivity index (χ2v) is 5.03. The van der Waals surface area contributed by atoms with Crippen LogP contribution in [-0.2, 0) is 4.79 Å². The number of carbonyl (C=O) groups is 1. The number of para-hydroxylation sites is 1. The first-order valence-electron chi connectivity index (χ1n) is 6.76. The molecule has 2 aromatic rings. The average molecular weight is 271 g/mol. The maximum atomic E-state index is 11.6. The van der Waals surface area contributed by atoms with Gasteiger partial charge in [0, 0.05) is 17.8 Å². The molecule has 1 aliphatic carbocycles. The summed E-state index contributed by atoms with van der Waals surface area (Å²) in [7, 11) is 0. The van der Waals surface area contributed by atoms with Gasteiger partial charge in [0.1, 0.15) is 0 Å². The molecule has 1 aromatic carbocycles. The van der Waals surface area contributed by atoms with E-state index >= 15 is 0 Å².